The Morgan fingerprint density at radius 3 is 2.52 bits per heavy atom. The fourth-order valence-electron chi connectivity index (χ4n) is 3.18. The van der Waals surface area contributed by atoms with Crippen LogP contribution in [0.2, 0.25) is 0 Å². The van der Waals surface area contributed by atoms with Crippen LogP contribution in [0.4, 0.5) is 5.82 Å². The maximum Gasteiger partial charge on any atom is 0.231 e. The molecule has 1 aliphatic heterocycles. The number of hydrogen-bond acceptors (Lipinski definition) is 5. The van der Waals surface area contributed by atoms with Crippen LogP contribution in [-0.4, -0.2) is 33.6 Å². The molecule has 1 N–H and O–H groups in total. The molecule has 1 saturated heterocycles. The van der Waals surface area contributed by atoms with Crippen molar-refractivity contribution in [3.63, 3.8) is 0 Å². The molecule has 1 aromatic heterocycles. The lowest BCUT2D eigenvalue weighted by atomic mass is 10.1. The summed E-state index contributed by atoms with van der Waals surface area (Å²) in [4.78, 5) is 26.6. The molecule has 1 atom stereocenters. The molecule has 1 aliphatic rings. The number of likely N-dealkylation sites (tertiary alicyclic amines) is 1. The van der Waals surface area contributed by atoms with Crippen LogP contribution in [-0.2, 0) is 16.1 Å². The van der Waals surface area contributed by atoms with Crippen molar-refractivity contribution in [1.29, 1.82) is 0 Å². The summed E-state index contributed by atoms with van der Waals surface area (Å²) in [5, 5.41) is 10.4. The third kappa shape index (κ3) is 3.72. The number of anilines is 1. The molecule has 1 fully saturated rings. The van der Waals surface area contributed by atoms with Crippen molar-refractivity contribution in [1.82, 2.24) is 15.2 Å². The number of amides is 2. The predicted octanol–water partition coefficient (Wildman–Crippen LogP) is 2.72. The number of benzene rings is 2. The van der Waals surface area contributed by atoms with E-state index in [1.807, 2.05) is 60.7 Å². The molecule has 7 nitrogen and oxygen atoms in total. The van der Waals surface area contributed by atoms with E-state index in [2.05, 4.69) is 15.6 Å². The van der Waals surface area contributed by atoms with Gasteiger partial charge >= 0.3 is 0 Å². The van der Waals surface area contributed by atoms with Crippen LogP contribution >= 0.6 is 0 Å². The van der Waals surface area contributed by atoms with Crippen molar-refractivity contribution >= 4 is 17.6 Å². The summed E-state index contributed by atoms with van der Waals surface area (Å²) in [5.41, 5.74) is 2.30. The van der Waals surface area contributed by atoms with Crippen LogP contribution in [0.1, 0.15) is 12.0 Å². The number of nitrogens with zero attached hydrogens (tertiary/aromatic N) is 3. The van der Waals surface area contributed by atoms with Crippen molar-refractivity contribution in [2.24, 2.45) is 5.92 Å². The minimum Gasteiger partial charge on any atom is -0.338 e. The molecule has 136 valence electrons. The predicted molar refractivity (Wildman–Crippen MR) is 98.3 cm³/mol. The summed E-state index contributed by atoms with van der Waals surface area (Å²) in [6, 6.07) is 19.1. The van der Waals surface area contributed by atoms with E-state index < -0.39 is 5.92 Å². The Morgan fingerprint density at radius 1 is 1.07 bits per heavy atom. The number of nitrogens with one attached hydrogen (secondary N) is 1. The highest BCUT2D eigenvalue weighted by atomic mass is 16.6. The SMILES string of the molecule is O=C(Nc1nonc1-c1ccccc1)[C@H]1CC(=O)N(Cc2ccccc2)C1. The van der Waals surface area contributed by atoms with Crippen molar-refractivity contribution in [3.8, 4) is 11.3 Å². The number of rotatable bonds is 5. The summed E-state index contributed by atoms with van der Waals surface area (Å²) in [7, 11) is 0. The quantitative estimate of drug-likeness (QED) is 0.754. The molecule has 2 heterocycles. The van der Waals surface area contributed by atoms with E-state index in [9.17, 15) is 9.59 Å². The minimum atomic E-state index is -0.429. The smallest absolute Gasteiger partial charge is 0.231 e. The van der Waals surface area contributed by atoms with Crippen LogP contribution in [0.5, 0.6) is 0 Å². The van der Waals surface area contributed by atoms with Gasteiger partial charge in [0.2, 0.25) is 17.6 Å². The average Bonchev–Trinajstić information content (AvgIpc) is 3.30. The molecule has 27 heavy (non-hydrogen) atoms. The van der Waals surface area contributed by atoms with Crippen LogP contribution in [0, 0.1) is 5.92 Å². The van der Waals surface area contributed by atoms with Gasteiger partial charge in [0.25, 0.3) is 0 Å². The maximum atomic E-state index is 12.6. The van der Waals surface area contributed by atoms with E-state index in [4.69, 9.17) is 4.63 Å². The van der Waals surface area contributed by atoms with E-state index in [0.29, 0.717) is 18.8 Å². The number of carbonyl (C=O) groups is 2. The standard InChI is InChI=1S/C20H18N4O3/c25-17-11-16(13-24(17)12-14-7-3-1-4-8-14)20(26)21-19-18(22-27-23-19)15-9-5-2-6-10-15/h1-10,16H,11-13H2,(H,21,23,26)/t16-/m0/s1. The second kappa shape index (κ2) is 7.41. The van der Waals surface area contributed by atoms with Gasteiger partial charge in [-0.3, -0.25) is 9.59 Å². The number of aromatic nitrogens is 2. The maximum absolute atomic E-state index is 12.6. The average molecular weight is 362 g/mol. The lowest BCUT2D eigenvalue weighted by molar-refractivity contribution is -0.128. The van der Waals surface area contributed by atoms with Gasteiger partial charge in [0.15, 0.2) is 5.69 Å². The Bertz CT molecular complexity index is 940. The zero-order valence-electron chi connectivity index (χ0n) is 14.5. The Labute approximate surface area is 155 Å². The van der Waals surface area contributed by atoms with Crippen LogP contribution in [0.25, 0.3) is 11.3 Å². The second-order valence-corrected chi connectivity index (χ2v) is 6.48. The first-order chi connectivity index (χ1) is 13.2. The van der Waals surface area contributed by atoms with Gasteiger partial charge in [-0.1, -0.05) is 60.7 Å². The Balaban J connectivity index is 1.43. The topological polar surface area (TPSA) is 88.3 Å². The Kier molecular flexibility index (Phi) is 4.65. The van der Waals surface area contributed by atoms with Gasteiger partial charge in [-0.15, -0.1) is 0 Å². The molecule has 0 unspecified atom stereocenters. The van der Waals surface area contributed by atoms with Gasteiger partial charge in [-0.2, -0.15) is 0 Å². The lowest BCUT2D eigenvalue weighted by Gasteiger charge is -2.16. The summed E-state index contributed by atoms with van der Waals surface area (Å²) in [6.45, 7) is 0.885. The third-order valence-corrected chi connectivity index (χ3v) is 4.58. The molecule has 0 saturated carbocycles. The second-order valence-electron chi connectivity index (χ2n) is 6.48. The van der Waals surface area contributed by atoms with Crippen LogP contribution in [0.3, 0.4) is 0 Å². The van der Waals surface area contributed by atoms with Crippen LogP contribution in [0.15, 0.2) is 65.3 Å². The molecule has 4 rings (SSSR count). The van der Waals surface area contributed by atoms with E-state index in [-0.39, 0.29) is 24.1 Å². The molecule has 2 aromatic carbocycles. The molecule has 0 aliphatic carbocycles. The normalized spacial score (nSPS) is 16.5. The highest BCUT2D eigenvalue weighted by Crippen LogP contribution is 2.26. The molecular weight excluding hydrogens is 344 g/mol. The summed E-state index contributed by atoms with van der Waals surface area (Å²) in [6.07, 6.45) is 0.185. The van der Waals surface area contributed by atoms with E-state index in [1.54, 1.807) is 4.90 Å². The van der Waals surface area contributed by atoms with E-state index >= 15 is 0 Å². The molecule has 7 heteroatoms. The summed E-state index contributed by atoms with van der Waals surface area (Å²) >= 11 is 0. The number of hydrogen-bond donors (Lipinski definition) is 1. The minimum absolute atomic E-state index is 0.0273. The van der Waals surface area contributed by atoms with Crippen molar-refractivity contribution in [3.05, 3.63) is 66.2 Å². The highest BCUT2D eigenvalue weighted by Gasteiger charge is 2.35. The number of carbonyl (C=O) groups excluding carboxylic acids is 2. The molecule has 0 radical (unpaired) electrons. The molecule has 2 amide bonds. The molecule has 3 aromatic rings. The zero-order valence-corrected chi connectivity index (χ0v) is 14.5. The van der Waals surface area contributed by atoms with Crippen LogP contribution < -0.4 is 5.32 Å². The Hall–Kier alpha value is -3.48. The van der Waals surface area contributed by atoms with E-state index in [1.165, 1.54) is 0 Å². The lowest BCUT2D eigenvalue weighted by Crippen LogP contribution is -2.28. The molecular formula is C20H18N4O3. The van der Waals surface area contributed by atoms with Crippen molar-refractivity contribution in [2.45, 2.75) is 13.0 Å². The van der Waals surface area contributed by atoms with Gasteiger partial charge in [-0.25, -0.2) is 4.63 Å². The van der Waals surface area contributed by atoms with Gasteiger partial charge < -0.3 is 10.2 Å². The largest absolute Gasteiger partial charge is 0.338 e. The summed E-state index contributed by atoms with van der Waals surface area (Å²) in [5.74, 6) is -0.450. The first kappa shape index (κ1) is 17.0. The first-order valence-corrected chi connectivity index (χ1v) is 8.71. The van der Waals surface area contributed by atoms with Crippen molar-refractivity contribution in [2.75, 3.05) is 11.9 Å². The highest BCUT2D eigenvalue weighted by molar-refractivity contribution is 5.98. The van der Waals surface area contributed by atoms with Gasteiger partial charge in [-0.05, 0) is 15.9 Å². The first-order valence-electron chi connectivity index (χ1n) is 8.71. The van der Waals surface area contributed by atoms with Crippen molar-refractivity contribution < 1.29 is 14.2 Å². The molecule has 0 bridgehead atoms. The van der Waals surface area contributed by atoms with Gasteiger partial charge in [0.1, 0.15) is 0 Å². The van der Waals surface area contributed by atoms with Gasteiger partial charge in [0.05, 0.1) is 5.92 Å². The third-order valence-electron chi connectivity index (χ3n) is 4.58. The fraction of sp³-hybridized carbons (Fsp3) is 0.200. The monoisotopic (exact) mass is 362 g/mol. The fourth-order valence-corrected chi connectivity index (χ4v) is 3.18. The van der Waals surface area contributed by atoms with E-state index in [0.717, 1.165) is 11.1 Å². The Morgan fingerprint density at radius 2 is 1.78 bits per heavy atom. The summed E-state index contributed by atoms with van der Waals surface area (Å²) < 4.78 is 4.79. The van der Waals surface area contributed by atoms with Gasteiger partial charge in [0, 0.05) is 25.1 Å². The molecule has 0 spiro atoms. The zero-order chi connectivity index (χ0) is 18.6.